The fourth-order valence-corrected chi connectivity index (χ4v) is 8.69. The molecule has 0 saturated carbocycles. The lowest BCUT2D eigenvalue weighted by atomic mass is 10.0. The minimum atomic E-state index is -0.354. The molecule has 0 heterocycles. The SMILES string of the molecule is CCCCCCCCCCCCCCCCCCCCCCCCOC(=O)c1cccc(C(=O)OCCCCCCCCCCCCCCCCCCCCCCCC)c1. The van der Waals surface area contributed by atoms with Gasteiger partial charge in [0.1, 0.15) is 0 Å². The van der Waals surface area contributed by atoms with E-state index >= 15 is 0 Å². The van der Waals surface area contributed by atoms with Gasteiger partial charge in [-0.25, -0.2) is 9.59 Å². The lowest BCUT2D eigenvalue weighted by Gasteiger charge is -2.08. The van der Waals surface area contributed by atoms with Crippen LogP contribution in [0.4, 0.5) is 0 Å². The maximum absolute atomic E-state index is 12.6. The Morgan fingerprint density at radius 3 is 0.683 bits per heavy atom. The maximum Gasteiger partial charge on any atom is 0.338 e. The average Bonchev–Trinajstić information content (AvgIpc) is 3.26. The van der Waals surface area contributed by atoms with Gasteiger partial charge in [0.2, 0.25) is 0 Å². The van der Waals surface area contributed by atoms with Crippen LogP contribution < -0.4 is 0 Å². The third kappa shape index (κ3) is 39.0. The van der Waals surface area contributed by atoms with Crippen LogP contribution >= 0.6 is 0 Å². The van der Waals surface area contributed by atoms with E-state index in [-0.39, 0.29) is 11.9 Å². The van der Waals surface area contributed by atoms with Gasteiger partial charge in [-0.2, -0.15) is 0 Å². The third-order valence-electron chi connectivity index (χ3n) is 12.8. The second-order valence-corrected chi connectivity index (χ2v) is 18.7. The zero-order valence-electron chi connectivity index (χ0n) is 40.5. The molecule has 0 N–H and O–H groups in total. The summed E-state index contributed by atoms with van der Waals surface area (Å²) in [7, 11) is 0. The maximum atomic E-state index is 12.6. The number of hydrogen-bond acceptors (Lipinski definition) is 4. The molecular weight excluding hydrogens is 737 g/mol. The summed E-state index contributed by atoms with van der Waals surface area (Å²) in [6, 6.07) is 6.80. The van der Waals surface area contributed by atoms with Crippen LogP contribution in [0.15, 0.2) is 24.3 Å². The Bertz CT molecular complexity index is 959. The Labute approximate surface area is 374 Å². The predicted octanol–water partition coefficient (Wildman–Crippen LogP) is 19.2. The summed E-state index contributed by atoms with van der Waals surface area (Å²) in [6.45, 7) is 5.46. The molecule has 0 amide bonds. The lowest BCUT2D eigenvalue weighted by Crippen LogP contribution is -2.10. The quantitative estimate of drug-likeness (QED) is 0.0485. The van der Waals surface area contributed by atoms with Crippen LogP contribution in [0, 0.1) is 0 Å². The molecule has 0 saturated heterocycles. The monoisotopic (exact) mass is 839 g/mol. The highest BCUT2D eigenvalue weighted by Crippen LogP contribution is 2.18. The first-order valence-electron chi connectivity index (χ1n) is 27.1. The van der Waals surface area contributed by atoms with E-state index < -0.39 is 0 Å². The van der Waals surface area contributed by atoms with Crippen molar-refractivity contribution >= 4 is 11.9 Å². The van der Waals surface area contributed by atoms with Gasteiger partial charge in [-0.1, -0.05) is 290 Å². The predicted molar refractivity (Wildman–Crippen MR) is 262 cm³/mol. The summed E-state index contributed by atoms with van der Waals surface area (Å²) in [6.07, 6.45) is 60.0. The molecule has 0 unspecified atom stereocenters. The smallest absolute Gasteiger partial charge is 0.338 e. The second kappa shape index (κ2) is 46.7. The van der Waals surface area contributed by atoms with E-state index in [1.807, 2.05) is 0 Å². The number of esters is 2. The van der Waals surface area contributed by atoms with Crippen LogP contribution in [0.3, 0.4) is 0 Å². The molecule has 1 aromatic rings. The average molecular weight is 839 g/mol. The van der Waals surface area contributed by atoms with Crippen LogP contribution in [0.25, 0.3) is 0 Å². The van der Waals surface area contributed by atoms with E-state index in [1.54, 1.807) is 24.3 Å². The summed E-state index contributed by atoms with van der Waals surface area (Å²) in [5.74, 6) is -0.708. The van der Waals surface area contributed by atoms with Crippen molar-refractivity contribution in [1.82, 2.24) is 0 Å². The normalized spacial score (nSPS) is 11.4. The molecule has 0 aliphatic carbocycles. The first-order chi connectivity index (χ1) is 29.7. The molecule has 0 aromatic heterocycles. The fraction of sp³-hybridized carbons (Fsp3) is 0.857. The molecule has 0 bridgehead atoms. The van der Waals surface area contributed by atoms with Crippen molar-refractivity contribution in [2.75, 3.05) is 13.2 Å². The molecule has 0 aliphatic rings. The Morgan fingerprint density at radius 2 is 0.483 bits per heavy atom. The number of carbonyl (C=O) groups is 2. The third-order valence-corrected chi connectivity index (χ3v) is 12.8. The van der Waals surface area contributed by atoms with Gasteiger partial charge in [-0.05, 0) is 31.0 Å². The molecule has 0 atom stereocenters. The van der Waals surface area contributed by atoms with Gasteiger partial charge in [0.15, 0.2) is 0 Å². The van der Waals surface area contributed by atoms with Crippen LogP contribution in [0.5, 0.6) is 0 Å². The summed E-state index contributed by atoms with van der Waals surface area (Å²) in [5.41, 5.74) is 0.847. The topological polar surface area (TPSA) is 52.6 Å². The van der Waals surface area contributed by atoms with E-state index in [9.17, 15) is 9.59 Å². The molecule has 0 aliphatic heterocycles. The summed E-state index contributed by atoms with van der Waals surface area (Å²) < 4.78 is 11.1. The standard InChI is InChI=1S/C56H102O4/c1-3-5-7-9-11-13-15-17-19-21-23-25-27-29-31-33-35-37-39-41-43-45-50-59-55(57)53-48-47-49-54(52-53)56(58)60-51-46-44-42-40-38-36-34-32-30-28-26-24-22-20-18-16-14-12-10-8-6-4-2/h47-49,52H,3-46,50-51H2,1-2H3. The second-order valence-electron chi connectivity index (χ2n) is 18.7. The number of rotatable bonds is 48. The highest BCUT2D eigenvalue weighted by Gasteiger charge is 2.13. The van der Waals surface area contributed by atoms with Gasteiger partial charge in [0.05, 0.1) is 24.3 Å². The molecule has 1 aromatic carbocycles. The molecule has 0 radical (unpaired) electrons. The number of ether oxygens (including phenoxy) is 2. The highest BCUT2D eigenvalue weighted by atomic mass is 16.5. The van der Waals surface area contributed by atoms with Crippen LogP contribution in [0.1, 0.15) is 317 Å². The van der Waals surface area contributed by atoms with Crippen molar-refractivity contribution in [3.8, 4) is 0 Å². The Hall–Kier alpha value is -1.84. The molecule has 1 rings (SSSR count). The minimum Gasteiger partial charge on any atom is -0.462 e. The van der Waals surface area contributed by atoms with E-state index in [1.165, 1.54) is 257 Å². The zero-order valence-corrected chi connectivity index (χ0v) is 40.5. The van der Waals surface area contributed by atoms with Crippen molar-refractivity contribution in [2.24, 2.45) is 0 Å². The van der Waals surface area contributed by atoms with Crippen molar-refractivity contribution in [2.45, 2.75) is 296 Å². The zero-order chi connectivity index (χ0) is 43.1. The molecule has 0 fully saturated rings. The lowest BCUT2D eigenvalue weighted by molar-refractivity contribution is 0.0496. The first kappa shape index (κ1) is 56.2. The molecule has 4 nitrogen and oxygen atoms in total. The fourth-order valence-electron chi connectivity index (χ4n) is 8.69. The van der Waals surface area contributed by atoms with Crippen molar-refractivity contribution in [3.05, 3.63) is 35.4 Å². The van der Waals surface area contributed by atoms with Crippen LogP contribution in [-0.2, 0) is 9.47 Å². The van der Waals surface area contributed by atoms with Crippen LogP contribution in [0.2, 0.25) is 0 Å². The van der Waals surface area contributed by atoms with E-state index in [0.717, 1.165) is 25.7 Å². The number of hydrogen-bond donors (Lipinski definition) is 0. The van der Waals surface area contributed by atoms with Gasteiger partial charge < -0.3 is 9.47 Å². The minimum absolute atomic E-state index is 0.354. The summed E-state index contributed by atoms with van der Waals surface area (Å²) in [5, 5.41) is 0. The molecule has 350 valence electrons. The number of carbonyl (C=O) groups excluding carboxylic acids is 2. The van der Waals surface area contributed by atoms with E-state index in [4.69, 9.17) is 9.47 Å². The van der Waals surface area contributed by atoms with Crippen molar-refractivity contribution in [3.63, 3.8) is 0 Å². The summed E-state index contributed by atoms with van der Waals surface area (Å²) in [4.78, 5) is 25.3. The number of unbranched alkanes of at least 4 members (excludes halogenated alkanes) is 42. The van der Waals surface area contributed by atoms with Crippen molar-refractivity contribution < 1.29 is 19.1 Å². The molecule has 60 heavy (non-hydrogen) atoms. The van der Waals surface area contributed by atoms with Gasteiger partial charge in [-0.3, -0.25) is 0 Å². The van der Waals surface area contributed by atoms with Gasteiger partial charge in [-0.15, -0.1) is 0 Å². The van der Waals surface area contributed by atoms with Crippen molar-refractivity contribution in [1.29, 1.82) is 0 Å². The first-order valence-corrected chi connectivity index (χ1v) is 27.1. The summed E-state index contributed by atoms with van der Waals surface area (Å²) >= 11 is 0. The van der Waals surface area contributed by atoms with Crippen LogP contribution in [-0.4, -0.2) is 25.2 Å². The highest BCUT2D eigenvalue weighted by molar-refractivity contribution is 5.95. The Morgan fingerprint density at radius 1 is 0.300 bits per heavy atom. The van der Waals surface area contributed by atoms with E-state index in [2.05, 4.69) is 13.8 Å². The largest absolute Gasteiger partial charge is 0.462 e. The number of benzene rings is 1. The Kier molecular flexibility index (Phi) is 43.7. The van der Waals surface area contributed by atoms with Gasteiger partial charge in [0.25, 0.3) is 0 Å². The van der Waals surface area contributed by atoms with E-state index in [0.29, 0.717) is 24.3 Å². The molecular formula is C56H102O4. The molecule has 0 spiro atoms. The Balaban J connectivity index is 1.86. The molecule has 4 heteroatoms. The van der Waals surface area contributed by atoms with Gasteiger partial charge in [0, 0.05) is 0 Å². The van der Waals surface area contributed by atoms with Gasteiger partial charge >= 0.3 is 11.9 Å².